The summed E-state index contributed by atoms with van der Waals surface area (Å²) in [5, 5.41) is 0. The van der Waals surface area contributed by atoms with Gasteiger partial charge in [-0.15, -0.1) is 0 Å². The fourth-order valence-corrected chi connectivity index (χ4v) is 2.37. The van der Waals surface area contributed by atoms with Gasteiger partial charge in [0.1, 0.15) is 0 Å². The van der Waals surface area contributed by atoms with E-state index in [1.54, 1.807) is 0 Å². The van der Waals surface area contributed by atoms with Crippen molar-refractivity contribution in [3.05, 3.63) is 54.4 Å². The van der Waals surface area contributed by atoms with Crippen molar-refractivity contribution in [2.75, 3.05) is 4.90 Å². The molecule has 0 spiro atoms. The Hall–Kier alpha value is -1.83. The molecule has 0 aliphatic carbocycles. The Labute approximate surface area is 122 Å². The highest BCUT2D eigenvalue weighted by Gasteiger charge is 2.16. The Kier molecular flexibility index (Phi) is 4.12. The highest BCUT2D eigenvalue weighted by molar-refractivity contribution is 5.63. The van der Waals surface area contributed by atoms with Crippen molar-refractivity contribution in [3.63, 3.8) is 0 Å². The van der Waals surface area contributed by atoms with Gasteiger partial charge in [-0.25, -0.2) is 0 Å². The summed E-state index contributed by atoms with van der Waals surface area (Å²) in [5.41, 5.74) is 3.95. The van der Waals surface area contributed by atoms with E-state index in [-0.39, 0.29) is 5.41 Å². The van der Waals surface area contributed by atoms with Crippen LogP contribution in [-0.2, 0) is 5.41 Å². The summed E-state index contributed by atoms with van der Waals surface area (Å²) in [7, 11) is 0. The number of rotatable bonds is 3. The summed E-state index contributed by atoms with van der Waals surface area (Å²) < 4.78 is 0. The number of hydrogen-bond acceptors (Lipinski definition) is 2. The van der Waals surface area contributed by atoms with Crippen LogP contribution in [0.2, 0.25) is 0 Å². The molecule has 1 aromatic carbocycles. The lowest BCUT2D eigenvalue weighted by atomic mass is 9.87. The van der Waals surface area contributed by atoms with Gasteiger partial charge in [0, 0.05) is 29.8 Å². The number of anilines is 2. The average molecular weight is 268 g/mol. The summed E-state index contributed by atoms with van der Waals surface area (Å²) >= 11 is 0. The van der Waals surface area contributed by atoms with Gasteiger partial charge in [0.25, 0.3) is 0 Å². The standard InChI is InChI=1S/C18H24N2/c1-14(2)20(17-10-12-19-13-11-17)16-8-6-15(7-9-16)18(3,4)5/h6-14H,1-5H3. The quantitative estimate of drug-likeness (QED) is 0.785. The second-order valence-corrected chi connectivity index (χ2v) is 6.47. The number of benzene rings is 1. The van der Waals surface area contributed by atoms with E-state index in [2.05, 4.69) is 80.9 Å². The molecule has 0 bridgehead atoms. The molecule has 0 atom stereocenters. The Morgan fingerprint density at radius 1 is 0.850 bits per heavy atom. The summed E-state index contributed by atoms with van der Waals surface area (Å²) in [4.78, 5) is 6.43. The van der Waals surface area contributed by atoms with Gasteiger partial charge in [0.2, 0.25) is 0 Å². The second-order valence-electron chi connectivity index (χ2n) is 6.47. The first-order valence-corrected chi connectivity index (χ1v) is 7.19. The zero-order valence-electron chi connectivity index (χ0n) is 13.1. The Morgan fingerprint density at radius 2 is 1.35 bits per heavy atom. The van der Waals surface area contributed by atoms with Crippen LogP contribution >= 0.6 is 0 Å². The molecule has 0 aliphatic heterocycles. The van der Waals surface area contributed by atoms with Crippen LogP contribution in [0.25, 0.3) is 0 Å². The number of nitrogens with zero attached hydrogens (tertiary/aromatic N) is 2. The number of hydrogen-bond donors (Lipinski definition) is 0. The zero-order chi connectivity index (χ0) is 14.8. The molecule has 0 saturated heterocycles. The van der Waals surface area contributed by atoms with E-state index in [1.165, 1.54) is 16.9 Å². The summed E-state index contributed by atoms with van der Waals surface area (Å²) in [5.74, 6) is 0. The monoisotopic (exact) mass is 268 g/mol. The SMILES string of the molecule is CC(C)N(c1ccncc1)c1ccc(C(C)(C)C)cc1. The molecule has 0 aliphatic rings. The average Bonchev–Trinajstić information content (AvgIpc) is 2.39. The van der Waals surface area contributed by atoms with Crippen molar-refractivity contribution in [3.8, 4) is 0 Å². The minimum atomic E-state index is 0.192. The van der Waals surface area contributed by atoms with Crippen molar-refractivity contribution in [1.82, 2.24) is 4.98 Å². The van der Waals surface area contributed by atoms with Gasteiger partial charge >= 0.3 is 0 Å². The van der Waals surface area contributed by atoms with Gasteiger partial charge in [0.15, 0.2) is 0 Å². The topological polar surface area (TPSA) is 16.1 Å². The van der Waals surface area contributed by atoms with Gasteiger partial charge in [-0.3, -0.25) is 4.98 Å². The highest BCUT2D eigenvalue weighted by atomic mass is 15.2. The third-order valence-corrected chi connectivity index (χ3v) is 3.47. The highest BCUT2D eigenvalue weighted by Crippen LogP contribution is 2.30. The molecular weight excluding hydrogens is 244 g/mol. The van der Waals surface area contributed by atoms with Gasteiger partial charge in [-0.1, -0.05) is 32.9 Å². The molecule has 2 aromatic rings. The van der Waals surface area contributed by atoms with Crippen LogP contribution in [-0.4, -0.2) is 11.0 Å². The Morgan fingerprint density at radius 3 is 1.80 bits per heavy atom. The minimum absolute atomic E-state index is 0.192. The maximum Gasteiger partial charge on any atom is 0.0444 e. The zero-order valence-corrected chi connectivity index (χ0v) is 13.1. The number of pyridine rings is 1. The molecule has 20 heavy (non-hydrogen) atoms. The molecule has 2 nitrogen and oxygen atoms in total. The smallest absolute Gasteiger partial charge is 0.0444 e. The lowest BCUT2D eigenvalue weighted by Gasteiger charge is -2.30. The van der Waals surface area contributed by atoms with E-state index in [0.717, 1.165) is 0 Å². The van der Waals surface area contributed by atoms with Crippen LogP contribution in [0.1, 0.15) is 40.2 Å². The minimum Gasteiger partial charge on any atom is -0.339 e. The predicted molar refractivity (Wildman–Crippen MR) is 86.7 cm³/mol. The third kappa shape index (κ3) is 3.19. The summed E-state index contributed by atoms with van der Waals surface area (Å²) in [6, 6.07) is 13.4. The molecule has 0 unspecified atom stereocenters. The fourth-order valence-electron chi connectivity index (χ4n) is 2.37. The largest absolute Gasteiger partial charge is 0.339 e. The van der Waals surface area contributed by atoms with Crippen molar-refractivity contribution in [2.24, 2.45) is 0 Å². The Balaban J connectivity index is 2.37. The van der Waals surface area contributed by atoms with E-state index in [1.807, 2.05) is 12.4 Å². The lowest BCUT2D eigenvalue weighted by Crippen LogP contribution is -2.25. The first-order valence-electron chi connectivity index (χ1n) is 7.19. The molecule has 0 amide bonds. The van der Waals surface area contributed by atoms with E-state index in [9.17, 15) is 0 Å². The molecule has 2 heteroatoms. The molecule has 0 saturated carbocycles. The lowest BCUT2D eigenvalue weighted by molar-refractivity contribution is 0.590. The van der Waals surface area contributed by atoms with Crippen LogP contribution in [0.15, 0.2) is 48.8 Å². The molecule has 0 N–H and O–H groups in total. The van der Waals surface area contributed by atoms with Crippen molar-refractivity contribution in [1.29, 1.82) is 0 Å². The molecule has 2 rings (SSSR count). The van der Waals surface area contributed by atoms with Crippen LogP contribution in [0.5, 0.6) is 0 Å². The van der Waals surface area contributed by atoms with E-state index >= 15 is 0 Å². The third-order valence-electron chi connectivity index (χ3n) is 3.47. The van der Waals surface area contributed by atoms with Gasteiger partial charge in [-0.05, 0) is 49.1 Å². The van der Waals surface area contributed by atoms with Crippen LogP contribution in [0.3, 0.4) is 0 Å². The molecule has 0 radical (unpaired) electrons. The van der Waals surface area contributed by atoms with Crippen molar-refractivity contribution in [2.45, 2.75) is 46.1 Å². The van der Waals surface area contributed by atoms with E-state index < -0.39 is 0 Å². The molecule has 106 valence electrons. The van der Waals surface area contributed by atoms with Crippen LogP contribution < -0.4 is 4.90 Å². The molecule has 0 fully saturated rings. The second kappa shape index (κ2) is 5.66. The first-order chi connectivity index (χ1) is 9.39. The van der Waals surface area contributed by atoms with E-state index in [4.69, 9.17) is 0 Å². The summed E-state index contributed by atoms with van der Waals surface area (Å²) in [6.45, 7) is 11.1. The number of aromatic nitrogens is 1. The van der Waals surface area contributed by atoms with Gasteiger partial charge < -0.3 is 4.90 Å². The van der Waals surface area contributed by atoms with Crippen LogP contribution in [0.4, 0.5) is 11.4 Å². The normalized spacial score (nSPS) is 11.7. The summed E-state index contributed by atoms with van der Waals surface area (Å²) in [6.07, 6.45) is 3.68. The maximum absolute atomic E-state index is 4.10. The molecule has 1 heterocycles. The van der Waals surface area contributed by atoms with Gasteiger partial charge in [-0.2, -0.15) is 0 Å². The van der Waals surface area contributed by atoms with E-state index in [0.29, 0.717) is 6.04 Å². The molecule has 1 aromatic heterocycles. The van der Waals surface area contributed by atoms with Gasteiger partial charge in [0.05, 0.1) is 0 Å². The fraction of sp³-hybridized carbons (Fsp3) is 0.389. The molecular formula is C18H24N2. The van der Waals surface area contributed by atoms with Crippen molar-refractivity contribution >= 4 is 11.4 Å². The predicted octanol–water partition coefficient (Wildman–Crippen LogP) is 4.93. The maximum atomic E-state index is 4.10. The first kappa shape index (κ1) is 14.6. The van der Waals surface area contributed by atoms with Crippen molar-refractivity contribution < 1.29 is 0 Å². The Bertz CT molecular complexity index is 536. The van der Waals surface area contributed by atoms with Crippen LogP contribution in [0, 0.1) is 0 Å².